The minimum Gasteiger partial charge on any atom is -0.349 e. The first-order valence-corrected chi connectivity index (χ1v) is 11.5. The normalized spacial score (nSPS) is 16.7. The van der Waals surface area contributed by atoms with E-state index in [2.05, 4.69) is 41.1 Å². The van der Waals surface area contributed by atoms with E-state index in [4.69, 9.17) is 4.98 Å². The van der Waals surface area contributed by atoms with Gasteiger partial charge in [-0.25, -0.2) is 9.97 Å². The summed E-state index contributed by atoms with van der Waals surface area (Å²) in [5.74, 6) is 1.46. The molecular formula is C21H30N6OS. The highest BCUT2D eigenvalue weighted by Gasteiger charge is 2.25. The average Bonchev–Trinajstić information content (AvgIpc) is 3.29. The van der Waals surface area contributed by atoms with Gasteiger partial charge in [-0.05, 0) is 63.7 Å². The van der Waals surface area contributed by atoms with Crippen molar-refractivity contribution in [2.75, 3.05) is 26.2 Å². The summed E-state index contributed by atoms with van der Waals surface area (Å²) in [5.41, 5.74) is 2.13. The molecule has 0 bridgehead atoms. The Labute approximate surface area is 175 Å². The summed E-state index contributed by atoms with van der Waals surface area (Å²) in [5, 5.41) is 8.55. The van der Waals surface area contributed by atoms with E-state index in [1.54, 1.807) is 15.9 Å². The zero-order valence-corrected chi connectivity index (χ0v) is 18.6. The van der Waals surface area contributed by atoms with Crippen LogP contribution < -0.4 is 5.32 Å². The fourth-order valence-electron chi connectivity index (χ4n) is 4.17. The molecule has 1 aliphatic carbocycles. The van der Waals surface area contributed by atoms with Crippen LogP contribution in [0, 0.1) is 12.8 Å². The van der Waals surface area contributed by atoms with Crippen LogP contribution in [0.15, 0.2) is 0 Å². The Morgan fingerprint density at radius 2 is 2.10 bits per heavy atom. The number of carbonyl (C=O) groups is 1. The Morgan fingerprint density at radius 1 is 1.31 bits per heavy atom. The van der Waals surface area contributed by atoms with Crippen LogP contribution in [-0.4, -0.2) is 56.6 Å². The van der Waals surface area contributed by atoms with E-state index in [1.165, 1.54) is 16.9 Å². The van der Waals surface area contributed by atoms with Crippen LogP contribution in [0.4, 0.5) is 0 Å². The summed E-state index contributed by atoms with van der Waals surface area (Å²) in [6.45, 7) is 12.2. The van der Waals surface area contributed by atoms with Gasteiger partial charge in [-0.2, -0.15) is 4.52 Å². The average molecular weight is 415 g/mol. The molecule has 1 aliphatic rings. The number of carbonyl (C=O) groups excluding carboxylic acids is 1. The molecule has 0 aromatic carbocycles. The molecule has 0 saturated carbocycles. The van der Waals surface area contributed by atoms with Crippen molar-refractivity contribution >= 4 is 33.1 Å². The van der Waals surface area contributed by atoms with Crippen LogP contribution in [0.1, 0.15) is 60.5 Å². The van der Waals surface area contributed by atoms with Gasteiger partial charge in [-0.1, -0.05) is 20.8 Å². The number of hydrogen-bond donors (Lipinski definition) is 1. The lowest BCUT2D eigenvalue weighted by molar-refractivity contribution is 0.0941. The fourth-order valence-corrected chi connectivity index (χ4v) is 5.42. The van der Waals surface area contributed by atoms with Crippen molar-refractivity contribution in [1.82, 2.24) is 29.8 Å². The highest BCUT2D eigenvalue weighted by atomic mass is 32.1. The lowest BCUT2D eigenvalue weighted by atomic mass is 9.89. The summed E-state index contributed by atoms with van der Waals surface area (Å²) >= 11 is 1.77. The molecule has 1 atom stereocenters. The van der Waals surface area contributed by atoms with E-state index in [9.17, 15) is 4.79 Å². The Balaban J connectivity index is 1.58. The molecule has 156 valence electrons. The predicted molar refractivity (Wildman–Crippen MR) is 117 cm³/mol. The molecular weight excluding hydrogens is 384 g/mol. The minimum absolute atomic E-state index is 0.210. The third-order valence-electron chi connectivity index (χ3n) is 5.92. The van der Waals surface area contributed by atoms with Gasteiger partial charge in [0.1, 0.15) is 10.7 Å². The number of aromatic nitrogens is 4. The molecule has 0 fully saturated rings. The fraction of sp³-hybridized carbons (Fsp3) is 0.619. The van der Waals surface area contributed by atoms with Crippen molar-refractivity contribution < 1.29 is 4.79 Å². The van der Waals surface area contributed by atoms with Crippen LogP contribution in [-0.2, 0) is 12.8 Å². The molecule has 8 heteroatoms. The van der Waals surface area contributed by atoms with Crippen molar-refractivity contribution in [2.45, 2.75) is 53.4 Å². The van der Waals surface area contributed by atoms with Crippen molar-refractivity contribution in [3.8, 4) is 0 Å². The number of amides is 1. The molecule has 0 aliphatic heterocycles. The molecule has 3 heterocycles. The monoisotopic (exact) mass is 414 g/mol. The summed E-state index contributed by atoms with van der Waals surface area (Å²) in [6.07, 6.45) is 4.30. The second kappa shape index (κ2) is 8.36. The number of thiophene rings is 1. The molecule has 4 rings (SSSR count). The number of rotatable bonds is 7. The van der Waals surface area contributed by atoms with Crippen molar-refractivity contribution in [3.05, 3.63) is 22.1 Å². The molecule has 7 nitrogen and oxygen atoms in total. The first kappa shape index (κ1) is 20.2. The first-order chi connectivity index (χ1) is 14.0. The standard InChI is InChI=1S/C21H30N6OS/c1-5-26(6-2)11-7-10-22-20(28)18-24-19-17-15-12-13(3)8-9-16(15)29-21(17)23-14(4)27(19)25-18/h13H,5-12H2,1-4H3,(H,22,28)/t13-/m0/s1. The summed E-state index contributed by atoms with van der Waals surface area (Å²) < 4.78 is 1.74. The zero-order valence-electron chi connectivity index (χ0n) is 17.8. The number of nitrogens with one attached hydrogen (secondary N) is 1. The van der Waals surface area contributed by atoms with Crippen LogP contribution in [0.5, 0.6) is 0 Å². The highest BCUT2D eigenvalue weighted by Crippen LogP contribution is 2.38. The van der Waals surface area contributed by atoms with E-state index in [0.717, 1.165) is 60.6 Å². The third-order valence-corrected chi connectivity index (χ3v) is 7.11. The van der Waals surface area contributed by atoms with Gasteiger partial charge in [0.2, 0.25) is 5.82 Å². The SMILES string of the molecule is CCN(CC)CCCNC(=O)c1nc2c3c4c(sc3nc(C)n2n1)CC[C@H](C)C4. The number of fused-ring (bicyclic) bond motifs is 5. The predicted octanol–water partition coefficient (Wildman–Crippen LogP) is 3.23. The Hall–Kier alpha value is -2.06. The summed E-state index contributed by atoms with van der Waals surface area (Å²) in [4.78, 5) is 26.8. The lowest BCUT2D eigenvalue weighted by Gasteiger charge is -2.17. The second-order valence-corrected chi connectivity index (χ2v) is 9.08. The van der Waals surface area contributed by atoms with Gasteiger partial charge in [0.25, 0.3) is 5.91 Å². The molecule has 3 aromatic heterocycles. The van der Waals surface area contributed by atoms with Gasteiger partial charge in [0.15, 0.2) is 5.65 Å². The van der Waals surface area contributed by atoms with Gasteiger partial charge in [-0.3, -0.25) is 4.79 Å². The molecule has 1 N–H and O–H groups in total. The van der Waals surface area contributed by atoms with E-state index in [-0.39, 0.29) is 11.7 Å². The molecule has 0 spiro atoms. The van der Waals surface area contributed by atoms with E-state index in [1.807, 2.05) is 6.92 Å². The Morgan fingerprint density at radius 3 is 2.86 bits per heavy atom. The number of hydrogen-bond acceptors (Lipinski definition) is 6. The lowest BCUT2D eigenvalue weighted by Crippen LogP contribution is -2.30. The van der Waals surface area contributed by atoms with Gasteiger partial charge >= 0.3 is 0 Å². The maximum absolute atomic E-state index is 12.6. The highest BCUT2D eigenvalue weighted by molar-refractivity contribution is 7.19. The topological polar surface area (TPSA) is 75.4 Å². The van der Waals surface area contributed by atoms with Gasteiger partial charge in [-0.15, -0.1) is 16.4 Å². The van der Waals surface area contributed by atoms with Crippen LogP contribution >= 0.6 is 11.3 Å². The van der Waals surface area contributed by atoms with Crippen molar-refractivity contribution in [3.63, 3.8) is 0 Å². The number of aryl methyl sites for hydroxylation is 2. The van der Waals surface area contributed by atoms with Gasteiger partial charge in [0.05, 0.1) is 5.39 Å². The van der Waals surface area contributed by atoms with Crippen LogP contribution in [0.3, 0.4) is 0 Å². The maximum atomic E-state index is 12.6. The Bertz CT molecular complexity index is 1040. The first-order valence-electron chi connectivity index (χ1n) is 10.7. The molecule has 1 amide bonds. The molecule has 0 unspecified atom stereocenters. The summed E-state index contributed by atoms with van der Waals surface area (Å²) in [6, 6.07) is 0. The largest absolute Gasteiger partial charge is 0.349 e. The molecule has 0 radical (unpaired) electrons. The van der Waals surface area contributed by atoms with Crippen molar-refractivity contribution in [1.29, 1.82) is 0 Å². The Kier molecular flexibility index (Phi) is 5.83. The quantitative estimate of drug-likeness (QED) is 0.601. The van der Waals surface area contributed by atoms with Gasteiger partial charge < -0.3 is 10.2 Å². The molecule has 29 heavy (non-hydrogen) atoms. The minimum atomic E-state index is -0.210. The smallest absolute Gasteiger partial charge is 0.290 e. The second-order valence-electron chi connectivity index (χ2n) is 8.00. The summed E-state index contributed by atoms with van der Waals surface area (Å²) in [7, 11) is 0. The molecule has 0 saturated heterocycles. The van der Waals surface area contributed by atoms with Crippen LogP contribution in [0.25, 0.3) is 15.9 Å². The maximum Gasteiger partial charge on any atom is 0.290 e. The zero-order chi connectivity index (χ0) is 20.5. The van der Waals surface area contributed by atoms with Crippen LogP contribution in [0.2, 0.25) is 0 Å². The molecule has 3 aromatic rings. The van der Waals surface area contributed by atoms with Crippen molar-refractivity contribution in [2.24, 2.45) is 5.92 Å². The van der Waals surface area contributed by atoms with E-state index in [0.29, 0.717) is 12.5 Å². The van der Waals surface area contributed by atoms with E-state index < -0.39 is 0 Å². The van der Waals surface area contributed by atoms with E-state index >= 15 is 0 Å². The number of nitrogens with zero attached hydrogens (tertiary/aromatic N) is 5. The third kappa shape index (κ3) is 3.88. The van der Waals surface area contributed by atoms with Gasteiger partial charge in [0, 0.05) is 11.4 Å².